The summed E-state index contributed by atoms with van der Waals surface area (Å²) >= 11 is 9.31. The fourth-order valence-corrected chi connectivity index (χ4v) is 2.80. The van der Waals surface area contributed by atoms with Gasteiger partial charge in [0.1, 0.15) is 35.8 Å². The molecule has 0 radical (unpaired) electrons. The van der Waals surface area contributed by atoms with Crippen molar-refractivity contribution >= 4 is 33.6 Å². The Kier molecular flexibility index (Phi) is 6.26. The zero-order valence-electron chi connectivity index (χ0n) is 12.7. The minimum Gasteiger partial charge on any atom is -0.496 e. The maximum atomic E-state index is 8.86. The number of benzene rings is 2. The normalized spacial score (nSPS) is 9.54. The molecule has 0 saturated carbocycles. The van der Waals surface area contributed by atoms with E-state index in [1.165, 1.54) is 6.08 Å². The number of hydrogen-bond acceptors (Lipinski definition) is 4. The first kappa shape index (κ1) is 17.9. The van der Waals surface area contributed by atoms with Gasteiger partial charge in [-0.3, -0.25) is 0 Å². The van der Waals surface area contributed by atoms with Crippen LogP contribution in [0.25, 0.3) is 6.08 Å². The summed E-state index contributed by atoms with van der Waals surface area (Å²) in [5.74, 6) is 1.31. The molecule has 0 saturated heterocycles. The second-order valence-electron chi connectivity index (χ2n) is 4.72. The number of ether oxygens (including phenoxy) is 2. The monoisotopic (exact) mass is 402 g/mol. The number of nitrogens with zero attached hydrogens (tertiary/aromatic N) is 2. The molecule has 0 aliphatic carbocycles. The van der Waals surface area contributed by atoms with Crippen molar-refractivity contribution in [2.24, 2.45) is 0 Å². The largest absolute Gasteiger partial charge is 0.496 e. The zero-order chi connectivity index (χ0) is 17.5. The highest BCUT2D eigenvalue weighted by atomic mass is 79.9. The summed E-state index contributed by atoms with van der Waals surface area (Å²) in [6, 6.07) is 14.3. The molecule has 0 aliphatic rings. The molecule has 4 nitrogen and oxygen atoms in total. The highest BCUT2D eigenvalue weighted by molar-refractivity contribution is 9.10. The van der Waals surface area contributed by atoms with E-state index in [4.69, 9.17) is 31.6 Å². The molecule has 0 aliphatic heterocycles. The molecule has 2 aromatic carbocycles. The van der Waals surface area contributed by atoms with Crippen LogP contribution in [0.5, 0.6) is 11.5 Å². The Balaban J connectivity index is 2.27. The van der Waals surface area contributed by atoms with Crippen molar-refractivity contribution in [1.82, 2.24) is 0 Å². The topological polar surface area (TPSA) is 66.0 Å². The lowest BCUT2D eigenvalue weighted by molar-refractivity contribution is 0.295. The summed E-state index contributed by atoms with van der Waals surface area (Å²) in [7, 11) is 1.57. The van der Waals surface area contributed by atoms with Gasteiger partial charge in [0.15, 0.2) is 0 Å². The summed E-state index contributed by atoms with van der Waals surface area (Å²) in [6.07, 6.45) is 1.52. The number of hydrogen-bond donors (Lipinski definition) is 0. The predicted molar refractivity (Wildman–Crippen MR) is 95.7 cm³/mol. The van der Waals surface area contributed by atoms with Crippen molar-refractivity contribution in [2.45, 2.75) is 6.61 Å². The van der Waals surface area contributed by atoms with E-state index >= 15 is 0 Å². The van der Waals surface area contributed by atoms with Gasteiger partial charge in [-0.25, -0.2) is 0 Å². The molecule has 0 unspecified atom stereocenters. The van der Waals surface area contributed by atoms with E-state index in [-0.39, 0.29) is 12.2 Å². The minimum atomic E-state index is 0.0347. The third-order valence-corrected chi connectivity index (χ3v) is 3.99. The Labute approximate surface area is 153 Å². The number of methoxy groups -OCH3 is 1. The standard InChI is InChI=1S/C18H12BrClN2O2/c1-23-17-4-2-12(6-13(9-21)10-22)7-14(17)11-24-18-5-3-15(20)8-16(18)19/h2-8H,11H2,1H3. The van der Waals surface area contributed by atoms with Crippen molar-refractivity contribution in [3.8, 4) is 23.6 Å². The maximum Gasteiger partial charge on any atom is 0.134 e. The van der Waals surface area contributed by atoms with Crippen LogP contribution in [0.15, 0.2) is 46.4 Å². The second-order valence-corrected chi connectivity index (χ2v) is 6.01. The first-order valence-electron chi connectivity index (χ1n) is 6.84. The van der Waals surface area contributed by atoms with Gasteiger partial charge in [-0.05, 0) is 57.9 Å². The van der Waals surface area contributed by atoms with Crippen molar-refractivity contribution < 1.29 is 9.47 Å². The van der Waals surface area contributed by atoms with Crippen molar-refractivity contribution in [2.75, 3.05) is 7.11 Å². The number of rotatable bonds is 5. The van der Waals surface area contributed by atoms with Gasteiger partial charge in [0.05, 0.1) is 11.6 Å². The van der Waals surface area contributed by atoms with Gasteiger partial charge >= 0.3 is 0 Å². The average molecular weight is 404 g/mol. The second kappa shape index (κ2) is 8.40. The number of nitriles is 2. The molecule has 0 amide bonds. The van der Waals surface area contributed by atoms with Gasteiger partial charge in [0.25, 0.3) is 0 Å². The van der Waals surface area contributed by atoms with Crippen LogP contribution >= 0.6 is 27.5 Å². The van der Waals surface area contributed by atoms with E-state index in [1.54, 1.807) is 37.4 Å². The van der Waals surface area contributed by atoms with Crippen LogP contribution in [0.3, 0.4) is 0 Å². The first-order valence-corrected chi connectivity index (χ1v) is 8.01. The molecule has 24 heavy (non-hydrogen) atoms. The maximum absolute atomic E-state index is 8.86. The molecule has 6 heteroatoms. The third kappa shape index (κ3) is 4.52. The van der Waals surface area contributed by atoms with E-state index in [9.17, 15) is 0 Å². The minimum absolute atomic E-state index is 0.0347. The molecule has 0 heterocycles. The van der Waals surface area contributed by atoms with Gasteiger partial charge in [-0.2, -0.15) is 10.5 Å². The predicted octanol–water partition coefficient (Wildman–Crippen LogP) is 5.12. The van der Waals surface area contributed by atoms with Crippen LogP contribution in [-0.4, -0.2) is 7.11 Å². The molecular weight excluding hydrogens is 392 g/mol. The highest BCUT2D eigenvalue weighted by Crippen LogP contribution is 2.30. The summed E-state index contributed by atoms with van der Waals surface area (Å²) in [6.45, 7) is 0.263. The Hall–Kier alpha value is -2.47. The molecule has 2 aromatic rings. The Morgan fingerprint density at radius 2 is 1.88 bits per heavy atom. The van der Waals surface area contributed by atoms with Gasteiger partial charge in [0, 0.05) is 10.6 Å². The lowest BCUT2D eigenvalue weighted by atomic mass is 10.1. The summed E-state index contributed by atoms with van der Waals surface area (Å²) in [4.78, 5) is 0. The lowest BCUT2D eigenvalue weighted by Crippen LogP contribution is -2.00. The molecular formula is C18H12BrClN2O2. The van der Waals surface area contributed by atoms with Crippen LogP contribution in [0.4, 0.5) is 0 Å². The Morgan fingerprint density at radius 3 is 2.50 bits per heavy atom. The fraction of sp³-hybridized carbons (Fsp3) is 0.111. The summed E-state index contributed by atoms with van der Waals surface area (Å²) in [5, 5.41) is 18.3. The van der Waals surface area contributed by atoms with Gasteiger partial charge in [0.2, 0.25) is 0 Å². The van der Waals surface area contributed by atoms with E-state index in [2.05, 4.69) is 15.9 Å². The van der Waals surface area contributed by atoms with E-state index in [0.29, 0.717) is 16.5 Å². The summed E-state index contributed by atoms with van der Waals surface area (Å²) < 4.78 is 11.9. The molecule has 2 rings (SSSR count). The average Bonchev–Trinajstić information content (AvgIpc) is 2.59. The highest BCUT2D eigenvalue weighted by Gasteiger charge is 2.08. The summed E-state index contributed by atoms with van der Waals surface area (Å²) in [5.41, 5.74) is 1.55. The fourth-order valence-electron chi connectivity index (χ4n) is 2.01. The molecule has 0 aromatic heterocycles. The van der Waals surface area contributed by atoms with Crippen molar-refractivity contribution in [3.05, 3.63) is 62.6 Å². The van der Waals surface area contributed by atoms with Crippen molar-refractivity contribution in [1.29, 1.82) is 10.5 Å². The number of allylic oxidation sites excluding steroid dienone is 1. The van der Waals surface area contributed by atoms with Gasteiger partial charge in [-0.1, -0.05) is 17.7 Å². The van der Waals surface area contributed by atoms with Crippen molar-refractivity contribution in [3.63, 3.8) is 0 Å². The van der Waals surface area contributed by atoms with E-state index < -0.39 is 0 Å². The van der Waals surface area contributed by atoms with E-state index in [0.717, 1.165) is 15.6 Å². The smallest absolute Gasteiger partial charge is 0.134 e. The third-order valence-electron chi connectivity index (χ3n) is 3.13. The quantitative estimate of drug-likeness (QED) is 0.650. The Morgan fingerprint density at radius 1 is 1.17 bits per heavy atom. The SMILES string of the molecule is COc1ccc(C=C(C#N)C#N)cc1COc1ccc(Cl)cc1Br. The van der Waals surface area contributed by atoms with Crippen LogP contribution in [-0.2, 0) is 6.61 Å². The van der Waals surface area contributed by atoms with Gasteiger partial charge < -0.3 is 9.47 Å². The van der Waals surface area contributed by atoms with Crippen LogP contribution in [0.1, 0.15) is 11.1 Å². The van der Waals surface area contributed by atoms with Crippen LogP contribution in [0, 0.1) is 22.7 Å². The molecule has 120 valence electrons. The molecule has 0 fully saturated rings. The zero-order valence-corrected chi connectivity index (χ0v) is 15.1. The molecule has 0 spiro atoms. The van der Waals surface area contributed by atoms with Crippen LogP contribution in [0.2, 0.25) is 5.02 Å². The first-order chi connectivity index (χ1) is 11.6. The Bertz CT molecular complexity index is 850. The lowest BCUT2D eigenvalue weighted by Gasteiger charge is -2.12. The molecule has 0 bridgehead atoms. The van der Waals surface area contributed by atoms with E-state index in [1.807, 2.05) is 18.2 Å². The number of halogens is 2. The molecule has 0 atom stereocenters. The van der Waals surface area contributed by atoms with Crippen LogP contribution < -0.4 is 9.47 Å². The molecule has 0 N–H and O–H groups in total. The van der Waals surface area contributed by atoms with Gasteiger partial charge in [-0.15, -0.1) is 0 Å².